The zero-order valence-electron chi connectivity index (χ0n) is 11.1. The van der Waals surface area contributed by atoms with E-state index in [0.29, 0.717) is 17.8 Å². The van der Waals surface area contributed by atoms with E-state index in [1.807, 2.05) is 0 Å². The molecule has 0 unspecified atom stereocenters. The van der Waals surface area contributed by atoms with E-state index in [-0.39, 0.29) is 16.3 Å². The van der Waals surface area contributed by atoms with Gasteiger partial charge in [0.25, 0.3) is 0 Å². The highest BCUT2D eigenvalue weighted by molar-refractivity contribution is 7.89. The number of benzene rings is 1. The smallest absolute Gasteiger partial charge is 0.304 e. The quantitative estimate of drug-likeness (QED) is 0.729. The predicted octanol–water partition coefficient (Wildman–Crippen LogP) is 0.773. The van der Waals surface area contributed by atoms with Crippen molar-refractivity contribution in [3.8, 4) is 0 Å². The molecule has 1 aromatic carbocycles. The monoisotopic (exact) mass is 331 g/mol. The normalized spacial score (nSPS) is 11.7. The molecule has 0 aliphatic heterocycles. The van der Waals surface area contributed by atoms with Gasteiger partial charge >= 0.3 is 4.87 Å². The van der Waals surface area contributed by atoms with Crippen LogP contribution in [0.1, 0.15) is 11.3 Å². The number of sulfonamides is 1. The van der Waals surface area contributed by atoms with Crippen LogP contribution >= 0.6 is 11.3 Å². The molecule has 0 spiro atoms. The van der Waals surface area contributed by atoms with Crippen molar-refractivity contribution >= 4 is 21.4 Å². The lowest BCUT2D eigenvalue weighted by Crippen LogP contribution is -2.25. The Morgan fingerprint density at radius 1 is 1.33 bits per heavy atom. The Labute approximate surface area is 125 Å². The van der Waals surface area contributed by atoms with Gasteiger partial charge < -0.3 is 10.3 Å². The van der Waals surface area contributed by atoms with Crippen LogP contribution in [0.5, 0.6) is 0 Å². The first-order chi connectivity index (χ1) is 9.92. The number of H-pyrrole nitrogens is 1. The van der Waals surface area contributed by atoms with E-state index in [9.17, 15) is 17.6 Å². The van der Waals surface area contributed by atoms with Gasteiger partial charge in [-0.25, -0.2) is 17.5 Å². The Bertz CT molecular complexity index is 783. The van der Waals surface area contributed by atoms with E-state index in [1.165, 1.54) is 17.5 Å². The van der Waals surface area contributed by atoms with Crippen molar-refractivity contribution < 1.29 is 12.8 Å². The minimum Gasteiger partial charge on any atom is -0.316 e. The third kappa shape index (κ3) is 3.97. The van der Waals surface area contributed by atoms with Crippen LogP contribution in [0.4, 0.5) is 4.39 Å². The van der Waals surface area contributed by atoms with Crippen molar-refractivity contribution in [1.82, 2.24) is 15.0 Å². The van der Waals surface area contributed by atoms with Gasteiger partial charge in [-0.15, -0.1) is 0 Å². The van der Waals surface area contributed by atoms with Crippen LogP contribution in [0, 0.1) is 5.82 Å². The summed E-state index contributed by atoms with van der Waals surface area (Å²) in [5.41, 5.74) is 0.922. The van der Waals surface area contributed by atoms with E-state index in [4.69, 9.17) is 0 Å². The summed E-state index contributed by atoms with van der Waals surface area (Å²) in [5.74, 6) is -0.626. The average Bonchev–Trinajstić information content (AvgIpc) is 2.85. The highest BCUT2D eigenvalue weighted by atomic mass is 32.2. The van der Waals surface area contributed by atoms with E-state index < -0.39 is 15.8 Å². The molecule has 2 rings (SSSR count). The van der Waals surface area contributed by atoms with Gasteiger partial charge in [-0.1, -0.05) is 17.4 Å². The Balaban J connectivity index is 2.26. The van der Waals surface area contributed by atoms with Gasteiger partial charge in [-0.05, 0) is 24.7 Å². The van der Waals surface area contributed by atoms with E-state index in [0.717, 1.165) is 17.4 Å². The molecule has 0 fully saturated rings. The third-order valence-corrected chi connectivity index (χ3v) is 4.91. The lowest BCUT2D eigenvalue weighted by Gasteiger charge is -2.11. The molecule has 1 heterocycles. The molecule has 21 heavy (non-hydrogen) atoms. The Kier molecular flexibility index (Phi) is 4.88. The van der Waals surface area contributed by atoms with Gasteiger partial charge in [0.1, 0.15) is 5.82 Å². The second-order valence-corrected chi connectivity index (χ2v) is 6.86. The summed E-state index contributed by atoms with van der Waals surface area (Å²) in [4.78, 5) is 13.1. The third-order valence-electron chi connectivity index (χ3n) is 2.71. The van der Waals surface area contributed by atoms with Gasteiger partial charge in [0.2, 0.25) is 10.0 Å². The van der Waals surface area contributed by atoms with Crippen molar-refractivity contribution in [2.24, 2.45) is 0 Å². The Morgan fingerprint density at radius 2 is 2.10 bits per heavy atom. The van der Waals surface area contributed by atoms with Crippen LogP contribution in [0.15, 0.2) is 33.3 Å². The largest absolute Gasteiger partial charge is 0.316 e. The SMILES string of the molecule is CNCc1ccc(F)cc1S(=O)(=O)NCc1csc(=O)[nH]1. The summed E-state index contributed by atoms with van der Waals surface area (Å²) in [7, 11) is -2.20. The molecule has 0 bridgehead atoms. The van der Waals surface area contributed by atoms with Crippen molar-refractivity contribution in [2.45, 2.75) is 18.0 Å². The minimum absolute atomic E-state index is 0.0589. The second-order valence-electron chi connectivity index (χ2n) is 4.28. The van der Waals surface area contributed by atoms with Crippen LogP contribution in [-0.2, 0) is 23.1 Å². The highest BCUT2D eigenvalue weighted by Gasteiger charge is 2.19. The molecular weight excluding hydrogens is 317 g/mol. The van der Waals surface area contributed by atoms with Gasteiger partial charge in [-0.2, -0.15) is 0 Å². The van der Waals surface area contributed by atoms with Crippen molar-refractivity contribution in [3.63, 3.8) is 0 Å². The Morgan fingerprint density at radius 3 is 2.71 bits per heavy atom. The van der Waals surface area contributed by atoms with Crippen LogP contribution in [-0.4, -0.2) is 20.4 Å². The number of hydrogen-bond donors (Lipinski definition) is 3. The maximum absolute atomic E-state index is 13.3. The second kappa shape index (κ2) is 6.48. The standard InChI is InChI=1S/C12H14FN3O3S2/c1-14-5-8-2-3-9(13)4-11(8)21(18,19)15-6-10-7-20-12(17)16-10/h2-4,7,14-15H,5-6H2,1H3,(H,16,17). The predicted molar refractivity (Wildman–Crippen MR) is 78.1 cm³/mol. The zero-order chi connectivity index (χ0) is 15.5. The zero-order valence-corrected chi connectivity index (χ0v) is 12.8. The first-order valence-corrected chi connectivity index (χ1v) is 8.38. The summed E-state index contributed by atoms with van der Waals surface area (Å²) < 4.78 is 40.2. The lowest BCUT2D eigenvalue weighted by atomic mass is 10.2. The number of nitrogens with one attached hydrogen (secondary N) is 3. The van der Waals surface area contributed by atoms with Crippen LogP contribution < -0.4 is 14.9 Å². The molecule has 3 N–H and O–H groups in total. The Hall–Kier alpha value is -1.55. The number of rotatable bonds is 6. The fourth-order valence-corrected chi connectivity index (χ4v) is 3.60. The summed E-state index contributed by atoms with van der Waals surface area (Å²) in [6.45, 7) is 0.238. The first kappa shape index (κ1) is 15.8. The summed E-state index contributed by atoms with van der Waals surface area (Å²) in [6.07, 6.45) is 0. The summed E-state index contributed by atoms with van der Waals surface area (Å²) in [6, 6.07) is 3.61. The fourth-order valence-electron chi connectivity index (χ4n) is 1.77. The molecule has 0 aliphatic carbocycles. The number of aromatic nitrogens is 1. The number of hydrogen-bond acceptors (Lipinski definition) is 5. The van der Waals surface area contributed by atoms with Crippen LogP contribution in [0.2, 0.25) is 0 Å². The molecule has 1 aromatic heterocycles. The molecule has 0 radical (unpaired) electrons. The highest BCUT2D eigenvalue weighted by Crippen LogP contribution is 2.17. The molecule has 0 saturated heterocycles. The molecule has 6 nitrogen and oxygen atoms in total. The summed E-state index contributed by atoms with van der Waals surface area (Å²) in [5, 5.41) is 4.37. The van der Waals surface area contributed by atoms with Gasteiger partial charge in [0.15, 0.2) is 0 Å². The molecule has 114 valence electrons. The van der Waals surface area contributed by atoms with Gasteiger partial charge in [0, 0.05) is 17.6 Å². The van der Waals surface area contributed by atoms with Crippen LogP contribution in [0.25, 0.3) is 0 Å². The molecule has 2 aromatic rings. The van der Waals surface area contributed by atoms with Crippen molar-refractivity contribution in [1.29, 1.82) is 0 Å². The molecule has 0 aliphatic rings. The number of thiazole rings is 1. The van der Waals surface area contributed by atoms with E-state index in [1.54, 1.807) is 7.05 Å². The number of halogens is 1. The maximum Gasteiger partial charge on any atom is 0.304 e. The van der Waals surface area contributed by atoms with Gasteiger partial charge in [-0.3, -0.25) is 4.79 Å². The van der Waals surface area contributed by atoms with Crippen molar-refractivity contribution in [2.75, 3.05) is 7.05 Å². The topological polar surface area (TPSA) is 91.1 Å². The molecule has 0 amide bonds. The molecule has 0 saturated carbocycles. The lowest BCUT2D eigenvalue weighted by molar-refractivity contribution is 0.574. The molecule has 0 atom stereocenters. The number of aromatic amines is 1. The van der Waals surface area contributed by atoms with Crippen LogP contribution in [0.3, 0.4) is 0 Å². The molecule has 9 heteroatoms. The van der Waals surface area contributed by atoms with Crippen molar-refractivity contribution in [3.05, 3.63) is 50.3 Å². The average molecular weight is 331 g/mol. The molecular formula is C12H14FN3O3S2. The summed E-state index contributed by atoms with van der Waals surface area (Å²) >= 11 is 0.949. The fraction of sp³-hybridized carbons (Fsp3) is 0.250. The van der Waals surface area contributed by atoms with E-state index in [2.05, 4.69) is 15.0 Å². The maximum atomic E-state index is 13.3. The van der Waals surface area contributed by atoms with E-state index >= 15 is 0 Å². The minimum atomic E-state index is -3.87. The van der Waals surface area contributed by atoms with Gasteiger partial charge in [0.05, 0.1) is 11.4 Å². The first-order valence-electron chi connectivity index (χ1n) is 6.02.